The first-order chi connectivity index (χ1) is 7.68. The first-order valence-corrected chi connectivity index (χ1v) is 5.92. The molecule has 1 N–H and O–H groups in total. The van der Waals surface area contributed by atoms with Crippen LogP contribution in [0.15, 0.2) is 0 Å². The Hall–Kier alpha value is -1.10. The number of amides is 2. The highest BCUT2D eigenvalue weighted by Crippen LogP contribution is 2.13. The van der Waals surface area contributed by atoms with Crippen molar-refractivity contribution in [3.05, 3.63) is 0 Å². The fraction of sp³-hybridized carbons (Fsp3) is 0.818. The van der Waals surface area contributed by atoms with E-state index in [1.54, 1.807) is 16.8 Å². The molecule has 1 atom stereocenters. The van der Waals surface area contributed by atoms with Crippen molar-refractivity contribution in [1.29, 1.82) is 0 Å². The number of rotatable bonds is 1. The zero-order valence-electron chi connectivity index (χ0n) is 9.74. The standard InChI is InChI=1S/C11H19N3O2/c1-13-5-2-6-14(8-10(13)15)11(16)9-3-4-12-7-9/h9,12H,2-8H2,1H3. The van der Waals surface area contributed by atoms with Gasteiger partial charge in [0.2, 0.25) is 11.8 Å². The van der Waals surface area contributed by atoms with Crippen molar-refractivity contribution in [2.45, 2.75) is 12.8 Å². The van der Waals surface area contributed by atoms with Gasteiger partial charge in [-0.3, -0.25) is 9.59 Å². The van der Waals surface area contributed by atoms with Gasteiger partial charge in [0.05, 0.1) is 12.5 Å². The van der Waals surface area contributed by atoms with Gasteiger partial charge < -0.3 is 15.1 Å². The predicted molar refractivity (Wildman–Crippen MR) is 59.8 cm³/mol. The summed E-state index contributed by atoms with van der Waals surface area (Å²) in [6.45, 7) is 3.40. The van der Waals surface area contributed by atoms with Gasteiger partial charge in [-0.15, -0.1) is 0 Å². The number of hydrogen-bond acceptors (Lipinski definition) is 3. The summed E-state index contributed by atoms with van der Waals surface area (Å²) in [4.78, 5) is 27.2. The number of nitrogens with one attached hydrogen (secondary N) is 1. The van der Waals surface area contributed by atoms with Gasteiger partial charge in [0, 0.05) is 26.7 Å². The van der Waals surface area contributed by atoms with E-state index in [4.69, 9.17) is 0 Å². The average Bonchev–Trinajstić information content (AvgIpc) is 2.74. The number of likely N-dealkylation sites (N-methyl/N-ethyl adjacent to an activating group) is 1. The molecule has 0 bridgehead atoms. The van der Waals surface area contributed by atoms with Crippen molar-refractivity contribution in [3.8, 4) is 0 Å². The van der Waals surface area contributed by atoms with E-state index in [0.717, 1.165) is 32.5 Å². The summed E-state index contributed by atoms with van der Waals surface area (Å²) in [5, 5.41) is 3.19. The van der Waals surface area contributed by atoms with E-state index >= 15 is 0 Å². The molecule has 2 heterocycles. The van der Waals surface area contributed by atoms with Crippen LogP contribution in [0, 0.1) is 5.92 Å². The fourth-order valence-corrected chi connectivity index (χ4v) is 2.30. The Labute approximate surface area is 95.8 Å². The van der Waals surface area contributed by atoms with Crippen LogP contribution in [0.4, 0.5) is 0 Å². The Morgan fingerprint density at radius 1 is 1.44 bits per heavy atom. The van der Waals surface area contributed by atoms with Gasteiger partial charge in [-0.05, 0) is 19.4 Å². The Balaban J connectivity index is 1.97. The Kier molecular flexibility index (Phi) is 3.43. The molecule has 1 unspecified atom stereocenters. The molecule has 2 rings (SSSR count). The molecule has 90 valence electrons. The van der Waals surface area contributed by atoms with Crippen LogP contribution < -0.4 is 5.32 Å². The predicted octanol–water partition coefficient (Wildman–Crippen LogP) is -0.713. The van der Waals surface area contributed by atoms with E-state index in [1.807, 2.05) is 0 Å². The van der Waals surface area contributed by atoms with Gasteiger partial charge in [-0.2, -0.15) is 0 Å². The lowest BCUT2D eigenvalue weighted by Crippen LogP contribution is -2.41. The second kappa shape index (κ2) is 4.82. The normalized spacial score (nSPS) is 27.1. The van der Waals surface area contributed by atoms with Crippen molar-refractivity contribution >= 4 is 11.8 Å². The Bertz CT molecular complexity index is 287. The minimum atomic E-state index is 0.0526. The molecule has 16 heavy (non-hydrogen) atoms. The maximum absolute atomic E-state index is 12.1. The average molecular weight is 225 g/mol. The summed E-state index contributed by atoms with van der Waals surface area (Å²) in [6, 6.07) is 0. The SMILES string of the molecule is CN1CCCN(C(=O)C2CCNC2)CC1=O. The quantitative estimate of drug-likeness (QED) is 0.641. The molecule has 2 saturated heterocycles. The summed E-state index contributed by atoms with van der Waals surface area (Å²) >= 11 is 0. The molecule has 2 amide bonds. The van der Waals surface area contributed by atoms with E-state index in [0.29, 0.717) is 6.54 Å². The highest BCUT2D eigenvalue weighted by molar-refractivity contribution is 5.86. The maximum atomic E-state index is 12.1. The maximum Gasteiger partial charge on any atom is 0.241 e. The van der Waals surface area contributed by atoms with Crippen molar-refractivity contribution < 1.29 is 9.59 Å². The van der Waals surface area contributed by atoms with Gasteiger partial charge >= 0.3 is 0 Å². The molecule has 5 heteroatoms. The third-order valence-electron chi connectivity index (χ3n) is 3.39. The number of carbonyl (C=O) groups is 2. The smallest absolute Gasteiger partial charge is 0.241 e. The van der Waals surface area contributed by atoms with E-state index in [9.17, 15) is 9.59 Å². The van der Waals surface area contributed by atoms with Crippen LogP contribution in [0.3, 0.4) is 0 Å². The molecule has 0 aromatic heterocycles. The molecule has 0 aromatic rings. The van der Waals surface area contributed by atoms with Crippen LogP contribution in [0.2, 0.25) is 0 Å². The van der Waals surface area contributed by atoms with Crippen LogP contribution in [0.25, 0.3) is 0 Å². The topological polar surface area (TPSA) is 52.6 Å². The first kappa shape index (κ1) is 11.4. The van der Waals surface area contributed by atoms with Crippen molar-refractivity contribution in [2.75, 3.05) is 39.8 Å². The highest BCUT2D eigenvalue weighted by Gasteiger charge is 2.29. The highest BCUT2D eigenvalue weighted by atomic mass is 16.2. The van der Waals surface area contributed by atoms with E-state index in [1.165, 1.54) is 0 Å². The molecular formula is C11H19N3O2. The monoisotopic (exact) mass is 225 g/mol. The number of nitrogens with zero attached hydrogens (tertiary/aromatic N) is 2. The molecular weight excluding hydrogens is 206 g/mol. The van der Waals surface area contributed by atoms with Crippen LogP contribution in [0.5, 0.6) is 0 Å². The molecule has 0 spiro atoms. The van der Waals surface area contributed by atoms with E-state index in [-0.39, 0.29) is 24.3 Å². The second-order valence-corrected chi connectivity index (χ2v) is 4.62. The molecule has 0 radical (unpaired) electrons. The van der Waals surface area contributed by atoms with Crippen LogP contribution in [-0.2, 0) is 9.59 Å². The molecule has 2 fully saturated rings. The Morgan fingerprint density at radius 2 is 2.25 bits per heavy atom. The van der Waals surface area contributed by atoms with Gasteiger partial charge in [-0.25, -0.2) is 0 Å². The second-order valence-electron chi connectivity index (χ2n) is 4.62. The van der Waals surface area contributed by atoms with Gasteiger partial charge in [0.25, 0.3) is 0 Å². The lowest BCUT2D eigenvalue weighted by atomic mass is 10.1. The number of hydrogen-bond donors (Lipinski definition) is 1. The summed E-state index contributed by atoms with van der Waals surface area (Å²) in [6.07, 6.45) is 1.79. The first-order valence-electron chi connectivity index (χ1n) is 5.92. The molecule has 2 aliphatic rings. The number of carbonyl (C=O) groups excluding carboxylic acids is 2. The largest absolute Gasteiger partial charge is 0.344 e. The minimum Gasteiger partial charge on any atom is -0.344 e. The summed E-state index contributed by atoms with van der Waals surface area (Å²) < 4.78 is 0. The lowest BCUT2D eigenvalue weighted by molar-refractivity contribution is -0.140. The van der Waals surface area contributed by atoms with E-state index < -0.39 is 0 Å². The summed E-state index contributed by atoms with van der Waals surface area (Å²) in [5.74, 6) is 0.279. The zero-order chi connectivity index (χ0) is 11.5. The third-order valence-corrected chi connectivity index (χ3v) is 3.39. The van der Waals surface area contributed by atoms with E-state index in [2.05, 4.69) is 5.32 Å². The van der Waals surface area contributed by atoms with Gasteiger partial charge in [0.15, 0.2) is 0 Å². The van der Waals surface area contributed by atoms with Crippen molar-refractivity contribution in [1.82, 2.24) is 15.1 Å². The summed E-state index contributed by atoms with van der Waals surface area (Å²) in [7, 11) is 1.80. The van der Waals surface area contributed by atoms with Crippen LogP contribution >= 0.6 is 0 Å². The molecule has 0 aromatic carbocycles. The van der Waals surface area contributed by atoms with Crippen LogP contribution in [0.1, 0.15) is 12.8 Å². The molecule has 0 aliphatic carbocycles. The molecule has 5 nitrogen and oxygen atoms in total. The zero-order valence-corrected chi connectivity index (χ0v) is 9.74. The van der Waals surface area contributed by atoms with Crippen molar-refractivity contribution in [3.63, 3.8) is 0 Å². The lowest BCUT2D eigenvalue weighted by Gasteiger charge is -2.22. The third kappa shape index (κ3) is 2.35. The Morgan fingerprint density at radius 3 is 2.94 bits per heavy atom. The minimum absolute atomic E-state index is 0.0526. The van der Waals surface area contributed by atoms with Gasteiger partial charge in [0.1, 0.15) is 0 Å². The molecule has 0 saturated carbocycles. The van der Waals surface area contributed by atoms with Crippen LogP contribution in [-0.4, -0.2) is 61.4 Å². The summed E-state index contributed by atoms with van der Waals surface area (Å²) in [5.41, 5.74) is 0. The molecule has 2 aliphatic heterocycles. The fourth-order valence-electron chi connectivity index (χ4n) is 2.30. The van der Waals surface area contributed by atoms with Gasteiger partial charge in [-0.1, -0.05) is 0 Å². The van der Waals surface area contributed by atoms with Crippen molar-refractivity contribution in [2.24, 2.45) is 5.92 Å².